The number of carboxylic acids is 1. The molecule has 2 aromatic carbocycles. The first kappa shape index (κ1) is 15.7. The molecule has 0 radical (unpaired) electrons. The highest BCUT2D eigenvalue weighted by Gasteiger charge is 2.35. The lowest BCUT2D eigenvalue weighted by atomic mass is 9.83. The van der Waals surface area contributed by atoms with E-state index in [0.29, 0.717) is 18.4 Å². The number of carboxylic acid groups (broad SMARTS) is 1. The molecule has 1 aliphatic rings. The molecule has 4 nitrogen and oxygen atoms in total. The molecular weight excluding hydrogens is 292 g/mol. The van der Waals surface area contributed by atoms with Gasteiger partial charge in [-0.1, -0.05) is 48.5 Å². The molecule has 1 aliphatic carbocycles. The van der Waals surface area contributed by atoms with Gasteiger partial charge >= 0.3 is 5.97 Å². The van der Waals surface area contributed by atoms with Gasteiger partial charge in [0, 0.05) is 6.42 Å². The standard InChI is InChI=1S/C19H20O4/c20-18(21)16-9-10-19(22,23)17(12-16)8-6-13-5-7-14-3-1-2-4-15(14)11-13/h1-5,7,11-12,16,22-23H,6,8-10H2,(H,20,21). The minimum Gasteiger partial charge on any atom is -0.481 e. The van der Waals surface area contributed by atoms with Crippen LogP contribution in [0.2, 0.25) is 0 Å². The number of benzene rings is 2. The number of aliphatic hydroxyl groups is 2. The van der Waals surface area contributed by atoms with E-state index in [1.807, 2.05) is 36.4 Å². The average molecular weight is 312 g/mol. The summed E-state index contributed by atoms with van der Waals surface area (Å²) < 4.78 is 0. The third kappa shape index (κ3) is 3.44. The van der Waals surface area contributed by atoms with Gasteiger partial charge in [-0.25, -0.2) is 0 Å². The van der Waals surface area contributed by atoms with Crippen molar-refractivity contribution in [3.05, 3.63) is 59.7 Å². The van der Waals surface area contributed by atoms with Crippen LogP contribution in [-0.4, -0.2) is 27.1 Å². The summed E-state index contributed by atoms with van der Waals surface area (Å²) in [6.45, 7) is 0. The van der Waals surface area contributed by atoms with E-state index in [1.165, 1.54) is 6.08 Å². The molecule has 3 rings (SSSR count). The molecule has 1 unspecified atom stereocenters. The molecule has 23 heavy (non-hydrogen) atoms. The van der Waals surface area contributed by atoms with Crippen LogP contribution in [0.25, 0.3) is 10.8 Å². The number of carbonyl (C=O) groups is 1. The third-order valence-corrected chi connectivity index (χ3v) is 4.53. The van der Waals surface area contributed by atoms with Gasteiger partial charge in [0.05, 0.1) is 5.92 Å². The van der Waals surface area contributed by atoms with Gasteiger partial charge in [0.1, 0.15) is 0 Å². The lowest BCUT2D eigenvalue weighted by molar-refractivity contribution is -0.151. The lowest BCUT2D eigenvalue weighted by Crippen LogP contribution is -2.36. The quantitative estimate of drug-likeness (QED) is 0.599. The molecular formula is C19H20O4. The first-order valence-corrected chi connectivity index (χ1v) is 7.82. The molecule has 4 heteroatoms. The van der Waals surface area contributed by atoms with Crippen molar-refractivity contribution in [1.82, 2.24) is 0 Å². The number of aryl methyl sites for hydroxylation is 1. The largest absolute Gasteiger partial charge is 0.481 e. The molecule has 0 amide bonds. The molecule has 1 atom stereocenters. The van der Waals surface area contributed by atoms with Crippen molar-refractivity contribution in [2.45, 2.75) is 31.5 Å². The molecule has 0 heterocycles. The highest BCUT2D eigenvalue weighted by Crippen LogP contribution is 2.33. The van der Waals surface area contributed by atoms with Crippen molar-refractivity contribution in [2.75, 3.05) is 0 Å². The van der Waals surface area contributed by atoms with Crippen molar-refractivity contribution in [3.8, 4) is 0 Å². The first-order valence-electron chi connectivity index (χ1n) is 7.82. The minimum absolute atomic E-state index is 0.0630. The molecule has 0 saturated carbocycles. The fraction of sp³-hybridized carbons (Fsp3) is 0.316. The van der Waals surface area contributed by atoms with Gasteiger partial charge in [0.15, 0.2) is 5.79 Å². The maximum Gasteiger partial charge on any atom is 0.310 e. The van der Waals surface area contributed by atoms with Crippen LogP contribution in [0.5, 0.6) is 0 Å². The zero-order valence-electron chi connectivity index (χ0n) is 12.8. The van der Waals surface area contributed by atoms with Gasteiger partial charge < -0.3 is 15.3 Å². The van der Waals surface area contributed by atoms with E-state index < -0.39 is 17.7 Å². The van der Waals surface area contributed by atoms with E-state index in [-0.39, 0.29) is 12.8 Å². The van der Waals surface area contributed by atoms with Gasteiger partial charge in [-0.15, -0.1) is 0 Å². The molecule has 2 aromatic rings. The molecule has 0 aliphatic heterocycles. The number of aliphatic carboxylic acids is 1. The van der Waals surface area contributed by atoms with Gasteiger partial charge in [-0.2, -0.15) is 0 Å². The Hall–Kier alpha value is -2.17. The average Bonchev–Trinajstić information content (AvgIpc) is 2.53. The molecule has 120 valence electrons. The number of fused-ring (bicyclic) bond motifs is 1. The Morgan fingerprint density at radius 2 is 1.83 bits per heavy atom. The van der Waals surface area contributed by atoms with Gasteiger partial charge in [-0.3, -0.25) is 4.79 Å². The summed E-state index contributed by atoms with van der Waals surface area (Å²) in [5.41, 5.74) is 1.50. The molecule has 0 saturated heterocycles. The van der Waals surface area contributed by atoms with Gasteiger partial charge in [-0.05, 0) is 41.2 Å². The van der Waals surface area contributed by atoms with Crippen molar-refractivity contribution >= 4 is 16.7 Å². The first-order chi connectivity index (χ1) is 11.0. The second-order valence-electron chi connectivity index (χ2n) is 6.17. The lowest BCUT2D eigenvalue weighted by Gasteiger charge is -2.31. The van der Waals surface area contributed by atoms with E-state index >= 15 is 0 Å². The Morgan fingerprint density at radius 1 is 1.09 bits per heavy atom. The van der Waals surface area contributed by atoms with Crippen LogP contribution in [0.3, 0.4) is 0 Å². The van der Waals surface area contributed by atoms with Crippen LogP contribution >= 0.6 is 0 Å². The van der Waals surface area contributed by atoms with E-state index in [0.717, 1.165) is 16.3 Å². The summed E-state index contributed by atoms with van der Waals surface area (Å²) in [4.78, 5) is 11.1. The normalized spacial score (nSPS) is 20.3. The summed E-state index contributed by atoms with van der Waals surface area (Å²) >= 11 is 0. The van der Waals surface area contributed by atoms with Crippen LogP contribution < -0.4 is 0 Å². The highest BCUT2D eigenvalue weighted by molar-refractivity contribution is 5.83. The second kappa shape index (κ2) is 6.14. The SMILES string of the molecule is O=C(O)C1C=C(CCc2ccc3ccccc3c2)C(O)(O)CC1. The Kier molecular flexibility index (Phi) is 4.20. The molecule has 0 spiro atoms. The van der Waals surface area contributed by atoms with Crippen molar-refractivity contribution in [2.24, 2.45) is 5.92 Å². The van der Waals surface area contributed by atoms with E-state index in [4.69, 9.17) is 5.11 Å². The predicted octanol–water partition coefficient (Wildman–Crippen LogP) is 2.87. The zero-order valence-corrected chi connectivity index (χ0v) is 12.8. The van der Waals surface area contributed by atoms with Crippen LogP contribution in [0.15, 0.2) is 54.1 Å². The Labute approximate surface area is 134 Å². The van der Waals surface area contributed by atoms with Crippen molar-refractivity contribution in [3.63, 3.8) is 0 Å². The number of rotatable bonds is 4. The molecule has 0 aromatic heterocycles. The van der Waals surface area contributed by atoms with Crippen LogP contribution in [0.4, 0.5) is 0 Å². The second-order valence-corrected chi connectivity index (χ2v) is 6.17. The van der Waals surface area contributed by atoms with Crippen molar-refractivity contribution in [1.29, 1.82) is 0 Å². The smallest absolute Gasteiger partial charge is 0.310 e. The number of hydrogen-bond donors (Lipinski definition) is 3. The maximum absolute atomic E-state index is 11.1. The fourth-order valence-corrected chi connectivity index (χ4v) is 3.13. The van der Waals surface area contributed by atoms with Crippen molar-refractivity contribution < 1.29 is 20.1 Å². The monoisotopic (exact) mass is 312 g/mol. The summed E-state index contributed by atoms with van der Waals surface area (Å²) in [5, 5.41) is 31.6. The Balaban J connectivity index is 1.78. The van der Waals surface area contributed by atoms with E-state index in [2.05, 4.69) is 6.07 Å². The summed E-state index contributed by atoms with van der Waals surface area (Å²) in [5.74, 6) is -3.43. The van der Waals surface area contributed by atoms with E-state index in [9.17, 15) is 15.0 Å². The van der Waals surface area contributed by atoms with Crippen LogP contribution in [0.1, 0.15) is 24.8 Å². The Bertz CT molecular complexity index is 761. The van der Waals surface area contributed by atoms with Gasteiger partial charge in [0.2, 0.25) is 0 Å². The number of hydrogen-bond acceptors (Lipinski definition) is 3. The summed E-state index contributed by atoms with van der Waals surface area (Å²) in [6.07, 6.45) is 2.91. The topological polar surface area (TPSA) is 77.8 Å². The fourth-order valence-electron chi connectivity index (χ4n) is 3.13. The van der Waals surface area contributed by atoms with Crippen LogP contribution in [0, 0.1) is 5.92 Å². The molecule has 0 fully saturated rings. The summed E-state index contributed by atoms with van der Waals surface area (Å²) in [7, 11) is 0. The van der Waals surface area contributed by atoms with Crippen LogP contribution in [-0.2, 0) is 11.2 Å². The third-order valence-electron chi connectivity index (χ3n) is 4.53. The molecule has 3 N–H and O–H groups in total. The maximum atomic E-state index is 11.1. The van der Waals surface area contributed by atoms with E-state index in [1.54, 1.807) is 0 Å². The predicted molar refractivity (Wildman–Crippen MR) is 87.9 cm³/mol. The zero-order chi connectivity index (χ0) is 16.4. The van der Waals surface area contributed by atoms with Gasteiger partial charge in [0.25, 0.3) is 0 Å². The Morgan fingerprint density at radius 3 is 2.57 bits per heavy atom. The minimum atomic E-state index is -1.89. The molecule has 0 bridgehead atoms. The highest BCUT2D eigenvalue weighted by atomic mass is 16.5. The summed E-state index contributed by atoms with van der Waals surface area (Å²) in [6, 6.07) is 14.2.